The number of benzene rings is 2. The molecule has 0 aliphatic carbocycles. The molecule has 0 saturated heterocycles. The Bertz CT molecular complexity index is 707. The number of likely N-dealkylation sites (N-methyl/N-ethyl adjacent to an activating group) is 1. The first kappa shape index (κ1) is 23.5. The predicted octanol–water partition coefficient (Wildman–Crippen LogP) is 3.76. The van der Waals surface area contributed by atoms with Gasteiger partial charge in [-0.15, -0.1) is 24.0 Å². The summed E-state index contributed by atoms with van der Waals surface area (Å²) in [6.45, 7) is 2.92. The van der Waals surface area contributed by atoms with E-state index in [1.165, 1.54) is 0 Å². The van der Waals surface area contributed by atoms with E-state index in [0.29, 0.717) is 19.7 Å². The Hall–Kier alpha value is -1.51. The Labute approximate surface area is 184 Å². The van der Waals surface area contributed by atoms with Gasteiger partial charge < -0.3 is 20.3 Å². The van der Waals surface area contributed by atoms with E-state index in [9.17, 15) is 0 Å². The van der Waals surface area contributed by atoms with Gasteiger partial charge in [0.25, 0.3) is 0 Å². The molecule has 27 heavy (non-hydrogen) atoms. The van der Waals surface area contributed by atoms with Crippen LogP contribution in [0.3, 0.4) is 0 Å². The van der Waals surface area contributed by atoms with Crippen LogP contribution in [0.15, 0.2) is 53.5 Å². The first-order chi connectivity index (χ1) is 12.6. The molecule has 7 heteroatoms. The molecule has 0 heterocycles. The molecule has 0 unspecified atom stereocenters. The number of halogens is 2. The van der Waals surface area contributed by atoms with Gasteiger partial charge in [0.1, 0.15) is 12.4 Å². The average molecular weight is 503 g/mol. The fourth-order valence-corrected chi connectivity index (χ4v) is 2.41. The minimum absolute atomic E-state index is 0. The summed E-state index contributed by atoms with van der Waals surface area (Å²) in [6, 6.07) is 15.9. The number of nitrogens with zero attached hydrogens (tertiary/aromatic N) is 2. The number of ether oxygens (including phenoxy) is 1. The second-order valence-corrected chi connectivity index (χ2v) is 6.64. The Balaban J connectivity index is 0.00000364. The van der Waals surface area contributed by atoms with Crippen molar-refractivity contribution in [1.82, 2.24) is 15.5 Å². The van der Waals surface area contributed by atoms with E-state index in [1.54, 1.807) is 7.05 Å². The summed E-state index contributed by atoms with van der Waals surface area (Å²) >= 11 is 5.91. The van der Waals surface area contributed by atoms with Crippen LogP contribution in [-0.2, 0) is 13.1 Å². The van der Waals surface area contributed by atoms with Crippen molar-refractivity contribution in [2.24, 2.45) is 4.99 Å². The topological polar surface area (TPSA) is 48.9 Å². The van der Waals surface area contributed by atoms with E-state index in [0.717, 1.165) is 34.4 Å². The summed E-state index contributed by atoms with van der Waals surface area (Å²) < 4.78 is 5.78. The van der Waals surface area contributed by atoms with E-state index in [2.05, 4.69) is 32.7 Å². The summed E-state index contributed by atoms with van der Waals surface area (Å²) in [6.07, 6.45) is 0. The molecule has 2 N–H and O–H groups in total. The molecule has 0 amide bonds. The predicted molar refractivity (Wildman–Crippen MR) is 124 cm³/mol. The second-order valence-electron chi connectivity index (χ2n) is 6.20. The zero-order chi connectivity index (χ0) is 18.8. The average Bonchev–Trinajstić information content (AvgIpc) is 2.63. The highest BCUT2D eigenvalue weighted by atomic mass is 127. The maximum Gasteiger partial charge on any atom is 0.191 e. The molecule has 2 aromatic carbocycles. The lowest BCUT2D eigenvalue weighted by atomic mass is 10.2. The Morgan fingerprint density at radius 3 is 2.33 bits per heavy atom. The monoisotopic (exact) mass is 502 g/mol. The van der Waals surface area contributed by atoms with Gasteiger partial charge in [0.15, 0.2) is 5.96 Å². The molecule has 0 atom stereocenters. The van der Waals surface area contributed by atoms with Crippen LogP contribution >= 0.6 is 35.6 Å². The first-order valence-corrected chi connectivity index (χ1v) is 9.00. The number of nitrogens with one attached hydrogen (secondary N) is 2. The van der Waals surface area contributed by atoms with Crippen LogP contribution in [0.25, 0.3) is 0 Å². The number of hydrogen-bond donors (Lipinski definition) is 2. The minimum atomic E-state index is 0. The smallest absolute Gasteiger partial charge is 0.191 e. The molecule has 0 fully saturated rings. The molecule has 0 saturated carbocycles. The molecule has 0 spiro atoms. The van der Waals surface area contributed by atoms with E-state index in [1.807, 2.05) is 50.5 Å². The highest BCUT2D eigenvalue weighted by Gasteiger charge is 2.01. The first-order valence-electron chi connectivity index (χ1n) is 8.62. The fraction of sp³-hybridized carbons (Fsp3) is 0.350. The van der Waals surface area contributed by atoms with Gasteiger partial charge in [-0.05, 0) is 49.5 Å². The van der Waals surface area contributed by atoms with Crippen molar-refractivity contribution in [2.75, 3.05) is 34.3 Å². The molecule has 0 radical (unpaired) electrons. The van der Waals surface area contributed by atoms with Crippen LogP contribution < -0.4 is 15.4 Å². The second kappa shape index (κ2) is 12.8. The third kappa shape index (κ3) is 9.30. The lowest BCUT2D eigenvalue weighted by molar-refractivity contribution is 0.261. The molecule has 148 valence electrons. The molecule has 0 bridgehead atoms. The van der Waals surface area contributed by atoms with Crippen molar-refractivity contribution >= 4 is 41.5 Å². The van der Waals surface area contributed by atoms with Gasteiger partial charge in [-0.1, -0.05) is 35.9 Å². The largest absolute Gasteiger partial charge is 0.492 e. The van der Waals surface area contributed by atoms with Crippen molar-refractivity contribution in [3.05, 3.63) is 64.7 Å². The highest BCUT2D eigenvalue weighted by Crippen LogP contribution is 2.13. The number of aliphatic imine (C=N–C) groups is 1. The van der Waals surface area contributed by atoms with Gasteiger partial charge >= 0.3 is 0 Å². The van der Waals surface area contributed by atoms with Gasteiger partial charge in [-0.25, -0.2) is 0 Å². The van der Waals surface area contributed by atoms with Crippen molar-refractivity contribution in [3.63, 3.8) is 0 Å². The summed E-state index contributed by atoms with van der Waals surface area (Å²) in [4.78, 5) is 6.36. The molecule has 5 nitrogen and oxygen atoms in total. The number of hydrogen-bond acceptors (Lipinski definition) is 3. The zero-order valence-corrected chi connectivity index (χ0v) is 19.1. The minimum Gasteiger partial charge on any atom is -0.492 e. The van der Waals surface area contributed by atoms with Crippen molar-refractivity contribution in [2.45, 2.75) is 13.1 Å². The maximum absolute atomic E-state index is 5.91. The zero-order valence-electron chi connectivity index (χ0n) is 16.0. The van der Waals surface area contributed by atoms with Gasteiger partial charge in [-0.3, -0.25) is 4.99 Å². The van der Waals surface area contributed by atoms with Crippen molar-refractivity contribution < 1.29 is 4.74 Å². The molecular weight excluding hydrogens is 475 g/mol. The van der Waals surface area contributed by atoms with Gasteiger partial charge in [0.05, 0.1) is 0 Å². The van der Waals surface area contributed by atoms with E-state index in [4.69, 9.17) is 16.3 Å². The van der Waals surface area contributed by atoms with Crippen LogP contribution in [0.2, 0.25) is 5.02 Å². The Kier molecular flexibility index (Phi) is 11.2. The van der Waals surface area contributed by atoms with Gasteiger partial charge in [-0.2, -0.15) is 0 Å². The molecule has 0 aliphatic heterocycles. The van der Waals surface area contributed by atoms with E-state index >= 15 is 0 Å². The van der Waals surface area contributed by atoms with Crippen LogP contribution in [0.1, 0.15) is 11.1 Å². The summed E-state index contributed by atoms with van der Waals surface area (Å²) in [5.41, 5.74) is 2.29. The quantitative estimate of drug-likeness (QED) is 0.328. The number of guanidine groups is 1. The maximum atomic E-state index is 5.91. The van der Waals surface area contributed by atoms with Crippen LogP contribution in [0.4, 0.5) is 0 Å². The van der Waals surface area contributed by atoms with Crippen LogP contribution in [0.5, 0.6) is 5.75 Å². The van der Waals surface area contributed by atoms with E-state index < -0.39 is 0 Å². The third-order valence-corrected chi connectivity index (χ3v) is 4.01. The van der Waals surface area contributed by atoms with Crippen molar-refractivity contribution in [1.29, 1.82) is 0 Å². The molecule has 0 aromatic heterocycles. The van der Waals surface area contributed by atoms with Crippen LogP contribution in [-0.4, -0.2) is 45.2 Å². The van der Waals surface area contributed by atoms with Crippen molar-refractivity contribution in [3.8, 4) is 5.75 Å². The molecule has 2 rings (SSSR count). The normalized spacial score (nSPS) is 11.1. The molecular formula is C20H28ClIN4O. The summed E-state index contributed by atoms with van der Waals surface area (Å²) in [7, 11) is 5.83. The summed E-state index contributed by atoms with van der Waals surface area (Å²) in [5.74, 6) is 1.63. The lowest BCUT2D eigenvalue weighted by Crippen LogP contribution is -2.36. The standard InChI is InChI=1S/C20H27ClN4O.HI/c1-22-20(23-14-16-7-9-18(21)10-8-16)24-15-17-5-4-6-19(13-17)26-12-11-25(2)3;/h4-10,13H,11-12,14-15H2,1-3H3,(H2,22,23,24);1H. The Morgan fingerprint density at radius 2 is 1.70 bits per heavy atom. The molecule has 0 aliphatic rings. The highest BCUT2D eigenvalue weighted by molar-refractivity contribution is 14.0. The Morgan fingerprint density at radius 1 is 1.04 bits per heavy atom. The van der Waals surface area contributed by atoms with Gasteiger partial charge in [0.2, 0.25) is 0 Å². The third-order valence-electron chi connectivity index (χ3n) is 3.76. The SMILES string of the molecule is CN=C(NCc1ccc(Cl)cc1)NCc1cccc(OCCN(C)C)c1.I. The lowest BCUT2D eigenvalue weighted by Gasteiger charge is -2.14. The fourth-order valence-electron chi connectivity index (χ4n) is 2.29. The molecule has 2 aromatic rings. The number of rotatable bonds is 8. The summed E-state index contributed by atoms with van der Waals surface area (Å²) in [5, 5.41) is 7.35. The van der Waals surface area contributed by atoms with E-state index in [-0.39, 0.29) is 24.0 Å². The van der Waals surface area contributed by atoms with Crippen LogP contribution in [0, 0.1) is 0 Å². The van der Waals surface area contributed by atoms with Gasteiger partial charge in [0, 0.05) is 31.7 Å².